The lowest BCUT2D eigenvalue weighted by atomic mass is 9.85. The quantitative estimate of drug-likeness (QED) is 0.841. The molecular weight excluding hydrogens is 222 g/mol. The molecule has 2 rings (SSSR count). The van der Waals surface area contributed by atoms with Gasteiger partial charge in [0.1, 0.15) is 5.76 Å². The van der Waals surface area contributed by atoms with E-state index in [1.165, 1.54) is 11.3 Å². The van der Waals surface area contributed by atoms with Gasteiger partial charge in [0.05, 0.1) is 12.3 Å². The van der Waals surface area contributed by atoms with Gasteiger partial charge in [-0.3, -0.25) is 0 Å². The molecule has 1 N–H and O–H groups in total. The highest BCUT2D eigenvalue weighted by atomic mass is 16.3. The fraction of sp³-hybridized carbons (Fsp3) is 0.375. The first kappa shape index (κ1) is 12.7. The molecule has 1 aromatic heterocycles. The van der Waals surface area contributed by atoms with Gasteiger partial charge in [-0.25, -0.2) is 0 Å². The lowest BCUT2D eigenvalue weighted by molar-refractivity contribution is 0.490. The molecule has 0 saturated carbocycles. The Morgan fingerprint density at radius 3 is 2.39 bits per heavy atom. The Balaban J connectivity index is 2.24. The van der Waals surface area contributed by atoms with Crippen molar-refractivity contribution in [3.63, 3.8) is 0 Å². The normalized spacial score (nSPS) is 13.3. The molecule has 0 saturated heterocycles. The molecule has 96 valence electrons. The van der Waals surface area contributed by atoms with Gasteiger partial charge in [0.2, 0.25) is 0 Å². The molecule has 1 unspecified atom stereocenters. The Hall–Kier alpha value is -1.70. The molecule has 1 heterocycles. The molecule has 0 aliphatic rings. The smallest absolute Gasteiger partial charge is 0.125 e. The molecule has 2 aromatic rings. The summed E-state index contributed by atoms with van der Waals surface area (Å²) >= 11 is 0. The highest BCUT2D eigenvalue weighted by Gasteiger charge is 2.19. The van der Waals surface area contributed by atoms with E-state index >= 15 is 0 Å². The van der Waals surface area contributed by atoms with Crippen LogP contribution in [-0.2, 0) is 5.41 Å². The molecule has 2 heteroatoms. The second kappa shape index (κ2) is 4.89. The molecule has 0 spiro atoms. The van der Waals surface area contributed by atoms with E-state index in [0.717, 1.165) is 5.76 Å². The summed E-state index contributed by atoms with van der Waals surface area (Å²) < 4.78 is 5.43. The molecule has 0 amide bonds. The molecule has 1 aromatic carbocycles. The standard InChI is InChI=1S/C16H21NO/c1-12(15-10-7-11-18-15)17-14-9-6-5-8-13(14)16(2,3)4/h5-12,17H,1-4H3. The molecule has 0 fully saturated rings. The predicted octanol–water partition coefficient (Wildman–Crippen LogP) is 4.75. The average Bonchev–Trinajstić information content (AvgIpc) is 2.81. The number of hydrogen-bond acceptors (Lipinski definition) is 2. The molecule has 2 nitrogen and oxygen atoms in total. The summed E-state index contributed by atoms with van der Waals surface area (Å²) in [4.78, 5) is 0. The van der Waals surface area contributed by atoms with E-state index in [1.807, 2.05) is 12.1 Å². The number of furan rings is 1. The van der Waals surface area contributed by atoms with Crippen molar-refractivity contribution in [2.45, 2.75) is 39.2 Å². The van der Waals surface area contributed by atoms with E-state index in [1.54, 1.807) is 6.26 Å². The van der Waals surface area contributed by atoms with Crippen LogP contribution >= 0.6 is 0 Å². The fourth-order valence-corrected chi connectivity index (χ4v) is 2.11. The number of anilines is 1. The van der Waals surface area contributed by atoms with Crippen molar-refractivity contribution in [1.82, 2.24) is 0 Å². The SMILES string of the molecule is CC(Nc1ccccc1C(C)(C)C)c1ccco1. The van der Waals surface area contributed by atoms with Gasteiger partial charge in [0, 0.05) is 5.69 Å². The Morgan fingerprint density at radius 1 is 1.06 bits per heavy atom. The first-order valence-corrected chi connectivity index (χ1v) is 6.38. The predicted molar refractivity (Wildman–Crippen MR) is 75.9 cm³/mol. The highest BCUT2D eigenvalue weighted by molar-refractivity contribution is 5.55. The van der Waals surface area contributed by atoms with Crippen molar-refractivity contribution < 1.29 is 4.42 Å². The lowest BCUT2D eigenvalue weighted by Gasteiger charge is -2.25. The molecule has 0 aliphatic carbocycles. The summed E-state index contributed by atoms with van der Waals surface area (Å²) in [5.41, 5.74) is 2.63. The third kappa shape index (κ3) is 2.76. The van der Waals surface area contributed by atoms with Crippen LogP contribution in [0.25, 0.3) is 0 Å². The average molecular weight is 243 g/mol. The van der Waals surface area contributed by atoms with E-state index < -0.39 is 0 Å². The van der Waals surface area contributed by atoms with Crippen molar-refractivity contribution in [3.05, 3.63) is 54.0 Å². The van der Waals surface area contributed by atoms with E-state index in [4.69, 9.17) is 4.42 Å². The van der Waals surface area contributed by atoms with Crippen LogP contribution in [0.2, 0.25) is 0 Å². The number of hydrogen-bond donors (Lipinski definition) is 1. The topological polar surface area (TPSA) is 25.2 Å². The zero-order valence-electron chi connectivity index (χ0n) is 11.5. The van der Waals surface area contributed by atoms with Crippen LogP contribution in [0.4, 0.5) is 5.69 Å². The Labute approximate surface area is 109 Å². The summed E-state index contributed by atoms with van der Waals surface area (Å²) in [6.45, 7) is 8.79. The van der Waals surface area contributed by atoms with Gasteiger partial charge in [-0.2, -0.15) is 0 Å². The maximum Gasteiger partial charge on any atom is 0.125 e. The Morgan fingerprint density at radius 2 is 1.78 bits per heavy atom. The number of nitrogens with one attached hydrogen (secondary N) is 1. The fourth-order valence-electron chi connectivity index (χ4n) is 2.11. The maximum atomic E-state index is 5.43. The largest absolute Gasteiger partial charge is 0.467 e. The number of para-hydroxylation sites is 1. The van der Waals surface area contributed by atoms with Gasteiger partial charge in [-0.15, -0.1) is 0 Å². The van der Waals surface area contributed by atoms with Gasteiger partial charge >= 0.3 is 0 Å². The van der Waals surface area contributed by atoms with Crippen molar-refractivity contribution >= 4 is 5.69 Å². The first-order valence-electron chi connectivity index (χ1n) is 6.38. The summed E-state index contributed by atoms with van der Waals surface area (Å²) in [5, 5.41) is 3.53. The van der Waals surface area contributed by atoms with Crippen LogP contribution in [0, 0.1) is 0 Å². The van der Waals surface area contributed by atoms with Gasteiger partial charge in [-0.1, -0.05) is 39.0 Å². The minimum Gasteiger partial charge on any atom is -0.467 e. The summed E-state index contributed by atoms with van der Waals surface area (Å²) in [5.74, 6) is 0.957. The van der Waals surface area contributed by atoms with Crippen LogP contribution in [0.3, 0.4) is 0 Å². The molecule has 0 radical (unpaired) electrons. The van der Waals surface area contributed by atoms with E-state index in [9.17, 15) is 0 Å². The molecule has 0 bridgehead atoms. The van der Waals surface area contributed by atoms with Crippen molar-refractivity contribution in [2.75, 3.05) is 5.32 Å². The zero-order valence-corrected chi connectivity index (χ0v) is 11.5. The van der Waals surface area contributed by atoms with Crippen LogP contribution in [0.5, 0.6) is 0 Å². The zero-order chi connectivity index (χ0) is 13.2. The second-order valence-corrected chi connectivity index (χ2v) is 5.68. The Bertz CT molecular complexity index is 494. The number of benzene rings is 1. The van der Waals surface area contributed by atoms with Crippen LogP contribution < -0.4 is 5.32 Å². The van der Waals surface area contributed by atoms with Gasteiger partial charge in [0.15, 0.2) is 0 Å². The van der Waals surface area contributed by atoms with Gasteiger partial charge in [-0.05, 0) is 36.1 Å². The molecule has 18 heavy (non-hydrogen) atoms. The summed E-state index contributed by atoms with van der Waals surface area (Å²) in [6, 6.07) is 12.5. The minimum atomic E-state index is 0.131. The van der Waals surface area contributed by atoms with Crippen molar-refractivity contribution in [3.8, 4) is 0 Å². The first-order chi connectivity index (χ1) is 8.48. The van der Waals surface area contributed by atoms with E-state index in [2.05, 4.69) is 57.3 Å². The van der Waals surface area contributed by atoms with Crippen molar-refractivity contribution in [2.24, 2.45) is 0 Å². The summed E-state index contributed by atoms with van der Waals surface area (Å²) in [6.07, 6.45) is 1.71. The highest BCUT2D eigenvalue weighted by Crippen LogP contribution is 2.31. The molecular formula is C16H21NO. The third-order valence-corrected chi connectivity index (χ3v) is 3.08. The second-order valence-electron chi connectivity index (χ2n) is 5.68. The lowest BCUT2D eigenvalue weighted by Crippen LogP contribution is -2.16. The van der Waals surface area contributed by atoms with Crippen molar-refractivity contribution in [1.29, 1.82) is 0 Å². The summed E-state index contributed by atoms with van der Waals surface area (Å²) in [7, 11) is 0. The minimum absolute atomic E-state index is 0.131. The van der Waals surface area contributed by atoms with Crippen LogP contribution in [-0.4, -0.2) is 0 Å². The Kier molecular flexibility index (Phi) is 3.46. The third-order valence-electron chi connectivity index (χ3n) is 3.08. The maximum absolute atomic E-state index is 5.43. The molecule has 1 atom stereocenters. The monoisotopic (exact) mass is 243 g/mol. The number of rotatable bonds is 3. The van der Waals surface area contributed by atoms with Gasteiger partial charge in [0.25, 0.3) is 0 Å². The van der Waals surface area contributed by atoms with Crippen LogP contribution in [0.15, 0.2) is 47.1 Å². The molecule has 0 aliphatic heterocycles. The van der Waals surface area contributed by atoms with Crippen LogP contribution in [0.1, 0.15) is 45.1 Å². The van der Waals surface area contributed by atoms with E-state index in [0.29, 0.717) is 0 Å². The van der Waals surface area contributed by atoms with E-state index in [-0.39, 0.29) is 11.5 Å². The van der Waals surface area contributed by atoms with Gasteiger partial charge < -0.3 is 9.73 Å².